The molecule has 0 fully saturated rings. The summed E-state index contributed by atoms with van der Waals surface area (Å²) in [5.74, 6) is -0.308. The van der Waals surface area contributed by atoms with Crippen molar-refractivity contribution in [1.82, 2.24) is 25.2 Å². The zero-order chi connectivity index (χ0) is 30.3. The minimum atomic E-state index is -0.763. The van der Waals surface area contributed by atoms with E-state index in [-0.39, 0.29) is 17.4 Å². The topological polar surface area (TPSA) is 153 Å². The summed E-state index contributed by atoms with van der Waals surface area (Å²) >= 11 is 0. The van der Waals surface area contributed by atoms with Gasteiger partial charge in [0.2, 0.25) is 17.8 Å². The molecule has 12 nitrogen and oxygen atoms in total. The smallest absolute Gasteiger partial charge is 0.260 e. The van der Waals surface area contributed by atoms with E-state index in [0.717, 1.165) is 18.4 Å². The Hall–Kier alpha value is -4.84. The van der Waals surface area contributed by atoms with E-state index in [9.17, 15) is 14.4 Å². The number of nitrogens with one attached hydrogen (secondary N) is 5. The Balaban J connectivity index is 1.61. The molecule has 1 aromatic carbocycles. The molecule has 0 saturated carbocycles. The molecule has 0 radical (unpaired) electrons. The number of benzene rings is 1. The molecule has 12 heteroatoms. The highest BCUT2D eigenvalue weighted by Gasteiger charge is 2.17. The highest BCUT2D eigenvalue weighted by atomic mass is 16.2. The summed E-state index contributed by atoms with van der Waals surface area (Å²) in [5, 5.41) is 14.7. The summed E-state index contributed by atoms with van der Waals surface area (Å²) in [6.07, 6.45) is 9.73. The minimum Gasteiger partial charge on any atom is -0.369 e. The van der Waals surface area contributed by atoms with Crippen molar-refractivity contribution in [3.63, 3.8) is 0 Å². The lowest BCUT2D eigenvalue weighted by Crippen LogP contribution is -2.40. The molecule has 2 heterocycles. The maximum atomic E-state index is 13.2. The van der Waals surface area contributed by atoms with Gasteiger partial charge in [0.25, 0.3) is 5.91 Å². The fourth-order valence-corrected chi connectivity index (χ4v) is 3.70. The maximum absolute atomic E-state index is 13.2. The van der Waals surface area contributed by atoms with Crippen LogP contribution in [0.1, 0.15) is 36.2 Å². The van der Waals surface area contributed by atoms with Gasteiger partial charge in [-0.05, 0) is 69.8 Å². The molecular weight excluding hydrogens is 534 g/mol. The van der Waals surface area contributed by atoms with Crippen molar-refractivity contribution in [3.05, 3.63) is 78.3 Å². The van der Waals surface area contributed by atoms with Crippen molar-refractivity contribution in [1.29, 1.82) is 0 Å². The first-order chi connectivity index (χ1) is 20.2. The third-order valence-electron chi connectivity index (χ3n) is 5.90. The Kier molecular flexibility index (Phi) is 12.4. The second-order valence-electron chi connectivity index (χ2n) is 9.83. The van der Waals surface area contributed by atoms with Gasteiger partial charge < -0.3 is 31.5 Å². The zero-order valence-corrected chi connectivity index (χ0v) is 24.5. The monoisotopic (exact) mass is 573 g/mol. The van der Waals surface area contributed by atoms with Crippen LogP contribution in [0.3, 0.4) is 0 Å². The van der Waals surface area contributed by atoms with Crippen molar-refractivity contribution < 1.29 is 14.4 Å². The minimum absolute atomic E-state index is 0.288. The number of rotatable bonds is 15. The van der Waals surface area contributed by atoms with Crippen LogP contribution in [0, 0.1) is 0 Å². The quantitative estimate of drug-likeness (QED) is 0.173. The average Bonchev–Trinajstić information content (AvgIpc) is 2.96. The fourth-order valence-electron chi connectivity index (χ4n) is 3.70. The molecule has 0 aliphatic carbocycles. The Morgan fingerprint density at radius 3 is 2.45 bits per heavy atom. The number of likely N-dealkylation sites (N-methyl/N-ethyl adjacent to an activating group) is 1. The van der Waals surface area contributed by atoms with Crippen LogP contribution in [0.15, 0.2) is 67.1 Å². The molecule has 1 unspecified atom stereocenters. The summed E-state index contributed by atoms with van der Waals surface area (Å²) in [6, 6.07) is 9.90. The van der Waals surface area contributed by atoms with Gasteiger partial charge in [-0.2, -0.15) is 4.98 Å². The maximum Gasteiger partial charge on any atom is 0.260 e. The van der Waals surface area contributed by atoms with Gasteiger partial charge in [0, 0.05) is 55.7 Å². The van der Waals surface area contributed by atoms with Crippen LogP contribution in [0.25, 0.3) is 0 Å². The number of carbonyl (C=O) groups is 3. The van der Waals surface area contributed by atoms with Gasteiger partial charge in [0.05, 0.1) is 0 Å². The Morgan fingerprint density at radius 2 is 1.74 bits per heavy atom. The second kappa shape index (κ2) is 16.4. The van der Waals surface area contributed by atoms with Crippen LogP contribution in [-0.2, 0) is 16.0 Å². The summed E-state index contributed by atoms with van der Waals surface area (Å²) < 4.78 is 0. The highest BCUT2D eigenvalue weighted by Crippen LogP contribution is 2.19. The van der Waals surface area contributed by atoms with Crippen molar-refractivity contribution in [2.75, 3.05) is 55.0 Å². The molecular formula is C30H39N9O3. The molecule has 222 valence electrons. The van der Waals surface area contributed by atoms with Crippen LogP contribution in [-0.4, -0.2) is 77.3 Å². The van der Waals surface area contributed by atoms with E-state index in [2.05, 4.69) is 41.5 Å². The number of amides is 3. The Labute approximate surface area is 246 Å². The molecule has 2 aromatic heterocycles. The van der Waals surface area contributed by atoms with Crippen molar-refractivity contribution in [3.8, 4) is 0 Å². The predicted octanol–water partition coefficient (Wildman–Crippen LogP) is 3.16. The number of nitrogens with zero attached hydrogens (tertiary/aromatic N) is 4. The third kappa shape index (κ3) is 10.6. The zero-order valence-electron chi connectivity index (χ0n) is 24.5. The van der Waals surface area contributed by atoms with Crippen LogP contribution < -0.4 is 26.6 Å². The van der Waals surface area contributed by atoms with Crippen LogP contribution in [0.4, 0.5) is 23.1 Å². The Morgan fingerprint density at radius 1 is 1.00 bits per heavy atom. The molecule has 42 heavy (non-hydrogen) atoms. The number of aromatic nitrogens is 3. The van der Waals surface area contributed by atoms with Crippen LogP contribution in [0.5, 0.6) is 0 Å². The lowest BCUT2D eigenvalue weighted by molar-refractivity contribution is -0.123. The Bertz CT molecular complexity index is 1360. The van der Waals surface area contributed by atoms with Gasteiger partial charge in [-0.25, -0.2) is 4.98 Å². The summed E-state index contributed by atoms with van der Waals surface area (Å²) in [5.41, 5.74) is 2.37. The number of hydrogen-bond acceptors (Lipinski definition) is 9. The molecule has 3 rings (SSSR count). The fraction of sp³-hybridized carbons (Fsp3) is 0.333. The molecule has 3 amide bonds. The lowest BCUT2D eigenvalue weighted by Gasteiger charge is -2.15. The van der Waals surface area contributed by atoms with E-state index in [1.165, 1.54) is 12.3 Å². The summed E-state index contributed by atoms with van der Waals surface area (Å²) in [6.45, 7) is 5.49. The number of hydrogen-bond donors (Lipinski definition) is 5. The molecule has 0 aliphatic heterocycles. The van der Waals surface area contributed by atoms with E-state index in [1.54, 1.807) is 49.7 Å². The first-order valence-corrected chi connectivity index (χ1v) is 13.8. The first-order valence-electron chi connectivity index (χ1n) is 13.8. The van der Waals surface area contributed by atoms with Crippen LogP contribution in [0.2, 0.25) is 0 Å². The number of anilines is 4. The van der Waals surface area contributed by atoms with Gasteiger partial charge in [0.15, 0.2) is 0 Å². The van der Waals surface area contributed by atoms with Crippen molar-refractivity contribution in [2.24, 2.45) is 0 Å². The number of pyridine rings is 1. The van der Waals surface area contributed by atoms with Gasteiger partial charge in [-0.1, -0.05) is 19.1 Å². The highest BCUT2D eigenvalue weighted by molar-refractivity contribution is 6.07. The van der Waals surface area contributed by atoms with Crippen molar-refractivity contribution in [2.45, 2.75) is 32.7 Å². The molecule has 1 atom stereocenters. The van der Waals surface area contributed by atoms with E-state index >= 15 is 0 Å². The van der Waals surface area contributed by atoms with E-state index in [1.807, 2.05) is 38.1 Å². The average molecular weight is 574 g/mol. The molecule has 0 saturated heterocycles. The summed E-state index contributed by atoms with van der Waals surface area (Å²) in [4.78, 5) is 52.7. The third-order valence-corrected chi connectivity index (χ3v) is 5.90. The first kappa shape index (κ1) is 31.7. The van der Waals surface area contributed by atoms with Gasteiger partial charge >= 0.3 is 0 Å². The van der Waals surface area contributed by atoms with Gasteiger partial charge in [-0.15, -0.1) is 0 Å². The molecule has 0 spiro atoms. The van der Waals surface area contributed by atoms with Gasteiger partial charge in [-0.3, -0.25) is 19.4 Å². The summed E-state index contributed by atoms with van der Waals surface area (Å²) in [7, 11) is 3.79. The van der Waals surface area contributed by atoms with Crippen molar-refractivity contribution >= 4 is 40.9 Å². The van der Waals surface area contributed by atoms with E-state index in [4.69, 9.17) is 0 Å². The molecule has 3 aromatic rings. The predicted molar refractivity (Wildman–Crippen MR) is 166 cm³/mol. The second-order valence-corrected chi connectivity index (χ2v) is 9.83. The van der Waals surface area contributed by atoms with Gasteiger partial charge in [0.1, 0.15) is 17.4 Å². The molecule has 5 N–H and O–H groups in total. The molecule has 0 aliphatic rings. The van der Waals surface area contributed by atoms with E-state index < -0.39 is 11.9 Å². The van der Waals surface area contributed by atoms with Crippen LogP contribution >= 0.6 is 0 Å². The normalized spacial score (nSPS) is 11.6. The standard InChI is InChI=1S/C30H39N9O3/c1-5-14-32-27-25(20-34-30(38-27)33-17-13-22-11-15-31-16-12-22)29(42)37-24-9-6-8-23(19-24)36-28(41)21(2)35-26(40)10-7-18-39(3)4/h6-12,15-16,19-21H,5,13-14,17-18H2,1-4H3,(H,35,40)(H,36,41)(H,37,42)(H2,32,33,34,38)/b10-7+. The van der Waals surface area contributed by atoms with E-state index in [0.29, 0.717) is 42.8 Å². The largest absolute Gasteiger partial charge is 0.369 e. The SMILES string of the molecule is CCCNc1nc(NCCc2ccncc2)ncc1C(=O)Nc1cccc(NC(=O)C(C)NC(=O)/C=C/CN(C)C)c1. The number of carbonyl (C=O) groups excluding carboxylic acids is 3. The lowest BCUT2D eigenvalue weighted by atomic mass is 10.2. The molecule has 0 bridgehead atoms.